The fraction of sp³-hybridized carbons (Fsp3) is 0.200. The highest BCUT2D eigenvalue weighted by molar-refractivity contribution is 5.96. The molecule has 2 N–H and O–H groups in total. The van der Waals surface area contributed by atoms with E-state index in [0.717, 1.165) is 16.7 Å². The minimum absolute atomic E-state index is 0.0154. The van der Waals surface area contributed by atoms with Crippen LogP contribution in [-0.4, -0.2) is 34.1 Å². The second-order valence-electron chi connectivity index (χ2n) is 9.20. The molecule has 0 bridgehead atoms. The Kier molecular flexibility index (Phi) is 7.14. The quantitative estimate of drug-likeness (QED) is 0.302. The number of aryl methyl sites for hydroxylation is 3. The lowest BCUT2D eigenvalue weighted by molar-refractivity contribution is 0.0948. The summed E-state index contributed by atoms with van der Waals surface area (Å²) >= 11 is 0. The number of fused-ring (bicyclic) bond motifs is 2. The first-order chi connectivity index (χ1) is 18.9. The second kappa shape index (κ2) is 10.8. The van der Waals surface area contributed by atoms with Crippen molar-refractivity contribution in [1.82, 2.24) is 19.3 Å². The number of benzene rings is 2. The molecule has 198 valence electrons. The summed E-state index contributed by atoms with van der Waals surface area (Å²) in [7, 11) is 3.16. The molecule has 0 unspecified atom stereocenters. The SMILES string of the molecule is COc1ccc(CCn2c(=N)c(C(=O)NCc3ccccc3)cc3c(=O)n4cccc(C)c4nc32)cc1OC. The summed E-state index contributed by atoms with van der Waals surface area (Å²) in [6, 6.07) is 20.3. The molecule has 0 saturated heterocycles. The van der Waals surface area contributed by atoms with Gasteiger partial charge in [0.2, 0.25) is 0 Å². The molecule has 3 heterocycles. The number of amides is 1. The van der Waals surface area contributed by atoms with Crippen molar-refractivity contribution in [2.45, 2.75) is 26.4 Å². The Morgan fingerprint density at radius 2 is 1.72 bits per heavy atom. The van der Waals surface area contributed by atoms with Gasteiger partial charge in [0.05, 0.1) is 25.2 Å². The van der Waals surface area contributed by atoms with Gasteiger partial charge in [0.15, 0.2) is 11.5 Å². The van der Waals surface area contributed by atoms with Crippen molar-refractivity contribution >= 4 is 22.6 Å². The van der Waals surface area contributed by atoms with Crippen LogP contribution in [0.4, 0.5) is 0 Å². The minimum Gasteiger partial charge on any atom is -0.493 e. The molecule has 0 aliphatic heterocycles. The highest BCUT2D eigenvalue weighted by atomic mass is 16.5. The molecular weight excluding hydrogens is 494 g/mol. The number of aromatic nitrogens is 3. The summed E-state index contributed by atoms with van der Waals surface area (Å²) in [5, 5.41) is 12.1. The van der Waals surface area contributed by atoms with E-state index in [9.17, 15) is 9.59 Å². The van der Waals surface area contributed by atoms with E-state index in [1.54, 1.807) is 31.0 Å². The van der Waals surface area contributed by atoms with Gasteiger partial charge in [0.1, 0.15) is 16.8 Å². The largest absolute Gasteiger partial charge is 0.493 e. The van der Waals surface area contributed by atoms with Crippen LogP contribution in [0.2, 0.25) is 0 Å². The summed E-state index contributed by atoms with van der Waals surface area (Å²) in [5.74, 6) is 0.789. The van der Waals surface area contributed by atoms with Crippen molar-refractivity contribution in [3.05, 3.63) is 111 Å². The van der Waals surface area contributed by atoms with E-state index in [1.165, 1.54) is 10.5 Å². The number of methoxy groups -OCH3 is 2. The fourth-order valence-electron chi connectivity index (χ4n) is 4.64. The normalized spacial score (nSPS) is 11.1. The smallest absolute Gasteiger partial charge is 0.267 e. The van der Waals surface area contributed by atoms with Crippen LogP contribution in [0.1, 0.15) is 27.0 Å². The molecule has 2 aromatic carbocycles. The van der Waals surface area contributed by atoms with Crippen LogP contribution in [0.3, 0.4) is 0 Å². The molecule has 0 aliphatic rings. The van der Waals surface area contributed by atoms with Gasteiger partial charge in [-0.1, -0.05) is 42.5 Å². The molecule has 1 amide bonds. The molecule has 0 spiro atoms. The van der Waals surface area contributed by atoms with Crippen molar-refractivity contribution in [3.63, 3.8) is 0 Å². The topological polar surface area (TPSA) is 111 Å². The van der Waals surface area contributed by atoms with Gasteiger partial charge >= 0.3 is 0 Å². The first-order valence-corrected chi connectivity index (χ1v) is 12.5. The fourth-order valence-corrected chi connectivity index (χ4v) is 4.64. The Hall–Kier alpha value is -4.92. The zero-order valence-electron chi connectivity index (χ0n) is 22.0. The maximum atomic E-state index is 13.6. The first kappa shape index (κ1) is 25.7. The monoisotopic (exact) mass is 523 g/mol. The summed E-state index contributed by atoms with van der Waals surface area (Å²) in [6.45, 7) is 2.50. The van der Waals surface area contributed by atoms with Crippen LogP contribution < -0.4 is 25.8 Å². The standard InChI is InChI=1S/C30H29N5O4/c1-19-8-7-14-35-27(19)33-28-23(30(35)37)17-22(29(36)32-18-21-9-5-4-6-10-21)26(31)34(28)15-13-20-11-12-24(38-2)25(16-20)39-3/h4-12,14,16-17,31H,13,15,18H2,1-3H3,(H,32,36). The third kappa shape index (κ3) is 4.98. The molecule has 9 nitrogen and oxygen atoms in total. The van der Waals surface area contributed by atoms with E-state index in [2.05, 4.69) is 5.32 Å². The number of hydrogen-bond acceptors (Lipinski definition) is 6. The Morgan fingerprint density at radius 1 is 0.949 bits per heavy atom. The van der Waals surface area contributed by atoms with Gasteiger partial charge in [0, 0.05) is 19.3 Å². The number of carbonyl (C=O) groups excluding carboxylic acids is 1. The maximum Gasteiger partial charge on any atom is 0.267 e. The molecule has 0 saturated carbocycles. The highest BCUT2D eigenvalue weighted by Crippen LogP contribution is 2.28. The van der Waals surface area contributed by atoms with Crippen molar-refractivity contribution in [3.8, 4) is 11.5 Å². The molecule has 39 heavy (non-hydrogen) atoms. The Balaban J connectivity index is 1.61. The van der Waals surface area contributed by atoms with E-state index in [0.29, 0.717) is 42.3 Å². The molecule has 0 atom stereocenters. The second-order valence-corrected chi connectivity index (χ2v) is 9.20. The molecule has 5 aromatic rings. The maximum absolute atomic E-state index is 13.6. The lowest BCUT2D eigenvalue weighted by atomic mass is 10.1. The minimum atomic E-state index is -0.431. The lowest BCUT2D eigenvalue weighted by Crippen LogP contribution is -2.35. The first-order valence-electron chi connectivity index (χ1n) is 12.5. The van der Waals surface area contributed by atoms with Gasteiger partial charge in [-0.3, -0.25) is 19.4 Å². The van der Waals surface area contributed by atoms with E-state index in [4.69, 9.17) is 19.9 Å². The van der Waals surface area contributed by atoms with Crippen LogP contribution in [0, 0.1) is 12.3 Å². The molecule has 0 aliphatic carbocycles. The van der Waals surface area contributed by atoms with Gasteiger partial charge in [-0.2, -0.15) is 0 Å². The van der Waals surface area contributed by atoms with Crippen LogP contribution in [0.5, 0.6) is 11.5 Å². The zero-order chi connectivity index (χ0) is 27.5. The van der Waals surface area contributed by atoms with E-state index in [1.807, 2.05) is 61.5 Å². The summed E-state index contributed by atoms with van der Waals surface area (Å²) in [5.41, 5.74) is 3.38. The Bertz CT molecular complexity index is 1810. The number of pyridine rings is 2. The van der Waals surface area contributed by atoms with Gasteiger partial charge < -0.3 is 19.4 Å². The molecular formula is C30H29N5O4. The van der Waals surface area contributed by atoms with Crippen LogP contribution in [0.25, 0.3) is 16.7 Å². The summed E-state index contributed by atoms with van der Waals surface area (Å²) in [6.07, 6.45) is 2.17. The van der Waals surface area contributed by atoms with Crippen LogP contribution in [-0.2, 0) is 19.5 Å². The van der Waals surface area contributed by atoms with Crippen LogP contribution >= 0.6 is 0 Å². The van der Waals surface area contributed by atoms with Gasteiger partial charge in [-0.25, -0.2) is 4.98 Å². The molecule has 5 rings (SSSR count). The lowest BCUT2D eigenvalue weighted by Gasteiger charge is -2.16. The predicted molar refractivity (Wildman–Crippen MR) is 148 cm³/mol. The summed E-state index contributed by atoms with van der Waals surface area (Å²) in [4.78, 5) is 31.7. The van der Waals surface area contributed by atoms with Crippen molar-refractivity contribution < 1.29 is 14.3 Å². The number of rotatable bonds is 8. The Labute approximate surface area is 224 Å². The van der Waals surface area contributed by atoms with Crippen molar-refractivity contribution in [2.24, 2.45) is 0 Å². The number of hydrogen-bond donors (Lipinski definition) is 2. The van der Waals surface area contributed by atoms with Crippen molar-refractivity contribution in [1.29, 1.82) is 5.41 Å². The molecule has 3 aromatic heterocycles. The van der Waals surface area contributed by atoms with Gasteiger partial charge in [0.25, 0.3) is 11.5 Å². The van der Waals surface area contributed by atoms with E-state index < -0.39 is 5.91 Å². The van der Waals surface area contributed by atoms with Gasteiger partial charge in [-0.15, -0.1) is 0 Å². The Morgan fingerprint density at radius 3 is 2.46 bits per heavy atom. The van der Waals surface area contributed by atoms with Crippen LogP contribution in [0.15, 0.2) is 77.7 Å². The summed E-state index contributed by atoms with van der Waals surface area (Å²) < 4.78 is 13.9. The number of ether oxygens (including phenoxy) is 2. The predicted octanol–water partition coefficient (Wildman–Crippen LogP) is 3.63. The average Bonchev–Trinajstić information content (AvgIpc) is 2.96. The molecule has 9 heteroatoms. The highest BCUT2D eigenvalue weighted by Gasteiger charge is 2.18. The zero-order valence-corrected chi connectivity index (χ0v) is 22.0. The third-order valence-electron chi connectivity index (χ3n) is 6.75. The van der Waals surface area contributed by atoms with Crippen molar-refractivity contribution in [2.75, 3.05) is 14.2 Å². The number of nitrogens with zero attached hydrogens (tertiary/aromatic N) is 3. The average molecular weight is 524 g/mol. The molecule has 0 radical (unpaired) electrons. The molecule has 0 fully saturated rings. The van der Waals surface area contributed by atoms with E-state index in [-0.39, 0.29) is 22.0 Å². The number of carbonyl (C=O) groups is 1. The third-order valence-corrected chi connectivity index (χ3v) is 6.75. The number of nitrogens with one attached hydrogen (secondary N) is 2. The van der Waals surface area contributed by atoms with E-state index >= 15 is 0 Å². The van der Waals surface area contributed by atoms with Gasteiger partial charge in [-0.05, 0) is 54.3 Å².